The van der Waals surface area contributed by atoms with Gasteiger partial charge in [-0.05, 0) is 18.4 Å². The summed E-state index contributed by atoms with van der Waals surface area (Å²) in [6.45, 7) is 7.33. The molecular weight excluding hydrogens is 188 g/mol. The van der Waals surface area contributed by atoms with E-state index in [4.69, 9.17) is 5.73 Å². The van der Waals surface area contributed by atoms with Crippen molar-refractivity contribution in [3.05, 3.63) is 12.4 Å². The summed E-state index contributed by atoms with van der Waals surface area (Å²) in [5, 5.41) is 3.44. The molecule has 15 heavy (non-hydrogen) atoms. The van der Waals surface area contributed by atoms with Gasteiger partial charge in [-0.3, -0.25) is 0 Å². The largest absolute Gasteiger partial charge is 0.352 e. The summed E-state index contributed by atoms with van der Waals surface area (Å²) in [7, 11) is 1.98. The van der Waals surface area contributed by atoms with Crippen molar-refractivity contribution in [1.82, 2.24) is 9.55 Å². The predicted octanol–water partition coefficient (Wildman–Crippen LogP) is 1.60. The number of aryl methyl sites for hydroxylation is 1. The maximum Gasteiger partial charge on any atom is 0.202 e. The Kier molecular flexibility index (Phi) is 3.74. The van der Waals surface area contributed by atoms with Gasteiger partial charge in [0.1, 0.15) is 0 Å². The van der Waals surface area contributed by atoms with Gasteiger partial charge in [-0.2, -0.15) is 0 Å². The van der Waals surface area contributed by atoms with Gasteiger partial charge in [-0.25, -0.2) is 4.98 Å². The van der Waals surface area contributed by atoms with Gasteiger partial charge < -0.3 is 15.6 Å². The van der Waals surface area contributed by atoms with Gasteiger partial charge in [-0.15, -0.1) is 0 Å². The second kappa shape index (κ2) is 4.66. The molecule has 0 saturated heterocycles. The van der Waals surface area contributed by atoms with E-state index in [1.54, 1.807) is 6.20 Å². The Labute approximate surface area is 91.9 Å². The van der Waals surface area contributed by atoms with Gasteiger partial charge in [0.15, 0.2) is 0 Å². The Hall–Kier alpha value is -1.03. The minimum Gasteiger partial charge on any atom is -0.352 e. The van der Waals surface area contributed by atoms with Crippen LogP contribution in [0.4, 0.5) is 5.95 Å². The van der Waals surface area contributed by atoms with Crippen molar-refractivity contribution in [2.45, 2.75) is 33.2 Å². The highest BCUT2D eigenvalue weighted by atomic mass is 15.2. The van der Waals surface area contributed by atoms with E-state index in [0.29, 0.717) is 12.6 Å². The Balaban J connectivity index is 2.71. The van der Waals surface area contributed by atoms with Crippen molar-refractivity contribution in [3.63, 3.8) is 0 Å². The maximum absolute atomic E-state index is 5.63. The monoisotopic (exact) mass is 210 g/mol. The molecule has 1 atom stereocenters. The first-order valence-corrected chi connectivity index (χ1v) is 5.39. The van der Waals surface area contributed by atoms with Crippen molar-refractivity contribution in [2.24, 2.45) is 18.2 Å². The van der Waals surface area contributed by atoms with Crippen LogP contribution in [-0.4, -0.2) is 22.1 Å². The van der Waals surface area contributed by atoms with Crippen molar-refractivity contribution < 1.29 is 0 Å². The molecule has 0 spiro atoms. The number of imidazole rings is 1. The Morgan fingerprint density at radius 3 is 2.60 bits per heavy atom. The van der Waals surface area contributed by atoms with E-state index in [1.807, 2.05) is 17.8 Å². The number of rotatable bonds is 4. The Bertz CT molecular complexity index is 298. The zero-order valence-corrected chi connectivity index (χ0v) is 10.1. The van der Waals surface area contributed by atoms with Crippen LogP contribution in [0.25, 0.3) is 0 Å². The fourth-order valence-corrected chi connectivity index (χ4v) is 1.55. The lowest BCUT2D eigenvalue weighted by Gasteiger charge is -2.31. The number of nitrogens with zero attached hydrogens (tertiary/aromatic N) is 2. The maximum atomic E-state index is 5.63. The van der Waals surface area contributed by atoms with E-state index in [9.17, 15) is 0 Å². The van der Waals surface area contributed by atoms with E-state index in [2.05, 4.69) is 31.1 Å². The average Bonchev–Trinajstić information content (AvgIpc) is 2.49. The predicted molar refractivity (Wildman–Crippen MR) is 63.7 cm³/mol. The molecule has 0 saturated carbocycles. The van der Waals surface area contributed by atoms with Gasteiger partial charge in [0, 0.05) is 25.5 Å². The molecular formula is C11H22N4. The molecule has 0 aliphatic rings. The molecule has 1 unspecified atom stereocenters. The highest BCUT2D eigenvalue weighted by Crippen LogP contribution is 2.24. The quantitative estimate of drug-likeness (QED) is 0.793. The van der Waals surface area contributed by atoms with Crippen molar-refractivity contribution >= 4 is 5.95 Å². The summed E-state index contributed by atoms with van der Waals surface area (Å²) >= 11 is 0. The average molecular weight is 210 g/mol. The second-order valence-corrected chi connectivity index (χ2v) is 5.00. The van der Waals surface area contributed by atoms with Gasteiger partial charge in [0.2, 0.25) is 5.95 Å². The molecule has 1 aromatic heterocycles. The van der Waals surface area contributed by atoms with E-state index >= 15 is 0 Å². The van der Waals surface area contributed by atoms with E-state index in [1.165, 1.54) is 0 Å². The summed E-state index contributed by atoms with van der Waals surface area (Å²) in [6, 6.07) is 0.351. The third-order valence-corrected chi connectivity index (χ3v) is 2.63. The molecule has 0 amide bonds. The molecule has 1 heterocycles. The molecule has 0 fully saturated rings. The summed E-state index contributed by atoms with van der Waals surface area (Å²) in [4.78, 5) is 4.26. The van der Waals surface area contributed by atoms with Crippen LogP contribution in [-0.2, 0) is 7.05 Å². The van der Waals surface area contributed by atoms with Crippen LogP contribution in [0.2, 0.25) is 0 Å². The van der Waals surface area contributed by atoms with Crippen LogP contribution in [0.5, 0.6) is 0 Å². The summed E-state index contributed by atoms with van der Waals surface area (Å²) in [6.07, 6.45) is 4.69. The molecule has 0 radical (unpaired) electrons. The molecule has 4 nitrogen and oxygen atoms in total. The number of hydrogen-bond donors (Lipinski definition) is 2. The number of nitrogens with one attached hydrogen (secondary N) is 1. The third kappa shape index (κ3) is 3.23. The topological polar surface area (TPSA) is 55.9 Å². The molecule has 86 valence electrons. The van der Waals surface area contributed by atoms with Gasteiger partial charge in [-0.1, -0.05) is 20.8 Å². The number of nitrogens with two attached hydrogens (primary N) is 1. The zero-order chi connectivity index (χ0) is 11.5. The SMILES string of the molecule is Cn1ccnc1NC(CCN)C(C)(C)C. The first kappa shape index (κ1) is 12.0. The number of anilines is 1. The minimum atomic E-state index is 0.186. The highest BCUT2D eigenvalue weighted by molar-refractivity contribution is 5.28. The molecule has 0 bridgehead atoms. The molecule has 4 heteroatoms. The second-order valence-electron chi connectivity index (χ2n) is 5.00. The van der Waals surface area contributed by atoms with Crippen LogP contribution < -0.4 is 11.1 Å². The summed E-state index contributed by atoms with van der Waals surface area (Å²) in [5.74, 6) is 0.906. The molecule has 1 aromatic rings. The van der Waals surface area contributed by atoms with Gasteiger partial charge >= 0.3 is 0 Å². The van der Waals surface area contributed by atoms with Gasteiger partial charge in [0.05, 0.1) is 0 Å². The van der Waals surface area contributed by atoms with Crippen molar-refractivity contribution in [3.8, 4) is 0 Å². The van der Waals surface area contributed by atoms with Crippen LogP contribution in [0.15, 0.2) is 12.4 Å². The molecule has 0 aliphatic carbocycles. The minimum absolute atomic E-state index is 0.186. The lowest BCUT2D eigenvalue weighted by Crippen LogP contribution is -2.36. The molecule has 0 aliphatic heterocycles. The first-order chi connectivity index (χ1) is 6.95. The Morgan fingerprint density at radius 1 is 1.53 bits per heavy atom. The fraction of sp³-hybridized carbons (Fsp3) is 0.727. The van der Waals surface area contributed by atoms with E-state index in [-0.39, 0.29) is 5.41 Å². The van der Waals surface area contributed by atoms with Crippen molar-refractivity contribution in [1.29, 1.82) is 0 Å². The third-order valence-electron chi connectivity index (χ3n) is 2.63. The van der Waals surface area contributed by atoms with E-state index in [0.717, 1.165) is 12.4 Å². The van der Waals surface area contributed by atoms with Crippen LogP contribution in [0.1, 0.15) is 27.2 Å². The molecule has 3 N–H and O–H groups in total. The summed E-state index contributed by atoms with van der Waals surface area (Å²) < 4.78 is 1.98. The number of aromatic nitrogens is 2. The van der Waals surface area contributed by atoms with Crippen LogP contribution in [0, 0.1) is 5.41 Å². The highest BCUT2D eigenvalue weighted by Gasteiger charge is 2.24. The number of hydrogen-bond acceptors (Lipinski definition) is 3. The normalized spacial score (nSPS) is 13.9. The van der Waals surface area contributed by atoms with Crippen LogP contribution >= 0.6 is 0 Å². The zero-order valence-electron chi connectivity index (χ0n) is 10.1. The fourth-order valence-electron chi connectivity index (χ4n) is 1.55. The van der Waals surface area contributed by atoms with Crippen LogP contribution in [0.3, 0.4) is 0 Å². The lowest BCUT2D eigenvalue weighted by molar-refractivity contribution is 0.327. The summed E-state index contributed by atoms with van der Waals surface area (Å²) in [5.41, 5.74) is 5.81. The standard InChI is InChI=1S/C11H22N4/c1-11(2,3)9(5-6-12)14-10-13-7-8-15(10)4/h7-9H,5-6,12H2,1-4H3,(H,13,14). The molecule has 0 aromatic carbocycles. The lowest BCUT2D eigenvalue weighted by atomic mass is 9.85. The molecule has 1 rings (SSSR count). The van der Waals surface area contributed by atoms with E-state index < -0.39 is 0 Å². The van der Waals surface area contributed by atoms with Gasteiger partial charge in [0.25, 0.3) is 0 Å². The van der Waals surface area contributed by atoms with Crippen molar-refractivity contribution in [2.75, 3.05) is 11.9 Å². The Morgan fingerprint density at radius 2 is 2.20 bits per heavy atom. The first-order valence-electron chi connectivity index (χ1n) is 5.39. The smallest absolute Gasteiger partial charge is 0.202 e.